The van der Waals surface area contributed by atoms with Gasteiger partial charge in [-0.05, 0) is 49.9 Å². The molecule has 31 heavy (non-hydrogen) atoms. The number of hydrogen-bond donors (Lipinski definition) is 1. The number of benzene rings is 2. The summed E-state index contributed by atoms with van der Waals surface area (Å²) in [6, 6.07) is 13.4. The summed E-state index contributed by atoms with van der Waals surface area (Å²) < 4.78 is 28.8. The van der Waals surface area contributed by atoms with Crippen LogP contribution in [0.5, 0.6) is 0 Å². The van der Waals surface area contributed by atoms with Gasteiger partial charge in [-0.1, -0.05) is 48.0 Å². The number of nitrogens with one attached hydrogen (secondary N) is 1. The van der Waals surface area contributed by atoms with Crippen LogP contribution in [0.3, 0.4) is 0 Å². The summed E-state index contributed by atoms with van der Waals surface area (Å²) in [4.78, 5) is 20.0. The molecule has 1 N–H and O–H groups in total. The number of halogens is 2. The topological polar surface area (TPSA) is 63.6 Å². The van der Waals surface area contributed by atoms with E-state index in [-0.39, 0.29) is 17.1 Å². The number of H-pyrrole nitrogens is 1. The molecule has 0 aliphatic carbocycles. The van der Waals surface area contributed by atoms with Gasteiger partial charge in [0.2, 0.25) is 0 Å². The first kappa shape index (κ1) is 20.9. The van der Waals surface area contributed by atoms with Gasteiger partial charge in [0.1, 0.15) is 16.9 Å². The highest BCUT2D eigenvalue weighted by molar-refractivity contribution is 5.78. The molecule has 0 unspecified atom stereocenters. The summed E-state index contributed by atoms with van der Waals surface area (Å²) in [5, 5.41) is 3.95. The average molecular weight is 422 g/mol. The van der Waals surface area contributed by atoms with E-state index in [1.807, 2.05) is 70.2 Å². The van der Waals surface area contributed by atoms with E-state index in [9.17, 15) is 13.6 Å². The largest absolute Gasteiger partial charge is 0.310 e. The summed E-state index contributed by atoms with van der Waals surface area (Å²) in [7, 11) is 0. The van der Waals surface area contributed by atoms with Crippen LogP contribution >= 0.6 is 0 Å². The predicted molar refractivity (Wildman–Crippen MR) is 117 cm³/mol. The molecule has 2 aromatic heterocycles. The third kappa shape index (κ3) is 4.00. The van der Waals surface area contributed by atoms with Crippen LogP contribution in [-0.4, -0.2) is 19.7 Å². The number of hydrogen-bond acceptors (Lipinski definition) is 3. The van der Waals surface area contributed by atoms with Crippen molar-refractivity contribution in [2.75, 3.05) is 0 Å². The Hall–Kier alpha value is -3.35. The fourth-order valence-electron chi connectivity index (χ4n) is 3.72. The van der Waals surface area contributed by atoms with Crippen LogP contribution < -0.4 is 5.56 Å². The summed E-state index contributed by atoms with van der Waals surface area (Å²) >= 11 is 0. The molecule has 0 spiro atoms. The predicted octanol–water partition coefficient (Wildman–Crippen LogP) is 5.18. The van der Waals surface area contributed by atoms with E-state index in [1.54, 1.807) is 0 Å². The molecule has 0 bridgehead atoms. The molecule has 0 amide bonds. The van der Waals surface area contributed by atoms with Crippen molar-refractivity contribution >= 4 is 11.0 Å². The van der Waals surface area contributed by atoms with Crippen molar-refractivity contribution in [3.05, 3.63) is 92.2 Å². The lowest BCUT2D eigenvalue weighted by Gasteiger charge is -2.14. The highest BCUT2D eigenvalue weighted by Crippen LogP contribution is 2.28. The van der Waals surface area contributed by atoms with Crippen molar-refractivity contribution in [2.24, 2.45) is 0 Å². The molecule has 7 heteroatoms. The number of aromatic amines is 1. The normalized spacial score (nSPS) is 12.6. The second-order valence-electron chi connectivity index (χ2n) is 8.02. The van der Waals surface area contributed by atoms with Gasteiger partial charge in [-0.3, -0.25) is 4.79 Å². The first-order chi connectivity index (χ1) is 14.7. The standard InChI is InChI=1S/C24H24F2N4O/c1-13-5-9-18(10-6-13)16(4)30-23-20(21(29-30)22(25)26)24(31)28-19(27-23)12-17-8-7-14(2)15(3)11-17/h5-11,16,22H,12H2,1-4H3,(H,27,28,31)/t16-/m0/s1. The Labute approximate surface area is 178 Å². The number of fused-ring (bicyclic) bond motifs is 1. The molecule has 160 valence electrons. The highest BCUT2D eigenvalue weighted by Gasteiger charge is 2.25. The van der Waals surface area contributed by atoms with Gasteiger partial charge in [-0.2, -0.15) is 5.10 Å². The number of rotatable bonds is 5. The summed E-state index contributed by atoms with van der Waals surface area (Å²) in [5.41, 5.74) is 4.32. The fourth-order valence-corrected chi connectivity index (χ4v) is 3.72. The van der Waals surface area contributed by atoms with Gasteiger partial charge in [-0.25, -0.2) is 18.4 Å². The van der Waals surface area contributed by atoms with E-state index in [0.717, 1.165) is 22.3 Å². The molecule has 0 aliphatic rings. The van der Waals surface area contributed by atoms with Crippen molar-refractivity contribution in [2.45, 2.75) is 46.6 Å². The second kappa shape index (κ2) is 8.06. The van der Waals surface area contributed by atoms with Gasteiger partial charge in [0.25, 0.3) is 12.0 Å². The zero-order valence-electron chi connectivity index (χ0n) is 17.9. The van der Waals surface area contributed by atoms with E-state index in [1.165, 1.54) is 10.2 Å². The molecule has 0 fully saturated rings. The van der Waals surface area contributed by atoms with Crippen LogP contribution in [0.15, 0.2) is 47.3 Å². The van der Waals surface area contributed by atoms with E-state index >= 15 is 0 Å². The zero-order chi connectivity index (χ0) is 22.3. The minimum absolute atomic E-state index is 0.155. The van der Waals surface area contributed by atoms with E-state index < -0.39 is 17.7 Å². The molecule has 5 nitrogen and oxygen atoms in total. The molecular formula is C24H24F2N4O. The minimum atomic E-state index is -2.87. The maximum absolute atomic E-state index is 13.7. The molecule has 2 heterocycles. The Morgan fingerprint density at radius 1 is 1.03 bits per heavy atom. The third-order valence-corrected chi connectivity index (χ3v) is 5.71. The van der Waals surface area contributed by atoms with Crippen LogP contribution in [-0.2, 0) is 6.42 Å². The number of aryl methyl sites for hydroxylation is 3. The summed E-state index contributed by atoms with van der Waals surface area (Å²) in [6.07, 6.45) is -2.48. The van der Waals surface area contributed by atoms with Gasteiger partial charge in [0.05, 0.1) is 6.04 Å². The first-order valence-electron chi connectivity index (χ1n) is 10.2. The van der Waals surface area contributed by atoms with Gasteiger partial charge in [0, 0.05) is 6.42 Å². The lowest BCUT2D eigenvalue weighted by molar-refractivity contribution is 0.146. The minimum Gasteiger partial charge on any atom is -0.310 e. The quantitative estimate of drug-likeness (QED) is 0.482. The van der Waals surface area contributed by atoms with Crippen LogP contribution in [0.2, 0.25) is 0 Å². The van der Waals surface area contributed by atoms with Crippen LogP contribution in [0.1, 0.15) is 58.7 Å². The SMILES string of the molecule is Cc1ccc([C@H](C)n2nc(C(F)F)c3c(=O)[nH]c(Cc4ccc(C)c(C)c4)nc32)cc1. The van der Waals surface area contributed by atoms with Crippen LogP contribution in [0.4, 0.5) is 8.78 Å². The monoisotopic (exact) mass is 422 g/mol. The number of nitrogens with zero attached hydrogens (tertiary/aromatic N) is 3. The van der Waals surface area contributed by atoms with Crippen LogP contribution in [0.25, 0.3) is 11.0 Å². The summed E-state index contributed by atoms with van der Waals surface area (Å²) in [6.45, 7) is 7.89. The Balaban J connectivity index is 1.84. The Morgan fingerprint density at radius 3 is 2.39 bits per heavy atom. The van der Waals surface area contributed by atoms with Crippen molar-refractivity contribution < 1.29 is 8.78 Å². The Bertz CT molecular complexity index is 1310. The second-order valence-corrected chi connectivity index (χ2v) is 8.02. The molecule has 0 saturated heterocycles. The average Bonchev–Trinajstić information content (AvgIpc) is 3.11. The van der Waals surface area contributed by atoms with E-state index in [2.05, 4.69) is 15.1 Å². The lowest BCUT2D eigenvalue weighted by atomic mass is 10.0. The summed E-state index contributed by atoms with van der Waals surface area (Å²) in [5.74, 6) is 0.416. The first-order valence-corrected chi connectivity index (χ1v) is 10.2. The lowest BCUT2D eigenvalue weighted by Crippen LogP contribution is -2.15. The molecule has 4 aromatic rings. The van der Waals surface area contributed by atoms with E-state index in [0.29, 0.717) is 12.2 Å². The zero-order valence-corrected chi connectivity index (χ0v) is 17.9. The Kier molecular flexibility index (Phi) is 5.43. The maximum Gasteiger partial charge on any atom is 0.283 e. The maximum atomic E-state index is 13.7. The van der Waals surface area contributed by atoms with Gasteiger partial charge in [-0.15, -0.1) is 0 Å². The van der Waals surface area contributed by atoms with E-state index in [4.69, 9.17) is 0 Å². The molecular weight excluding hydrogens is 398 g/mol. The van der Waals surface area contributed by atoms with Crippen molar-refractivity contribution in [1.29, 1.82) is 0 Å². The van der Waals surface area contributed by atoms with Gasteiger partial charge < -0.3 is 4.98 Å². The smallest absolute Gasteiger partial charge is 0.283 e. The number of alkyl halides is 2. The highest BCUT2D eigenvalue weighted by atomic mass is 19.3. The van der Waals surface area contributed by atoms with Crippen molar-refractivity contribution in [1.82, 2.24) is 19.7 Å². The van der Waals surface area contributed by atoms with Crippen molar-refractivity contribution in [3.63, 3.8) is 0 Å². The fraction of sp³-hybridized carbons (Fsp3) is 0.292. The molecule has 0 aliphatic heterocycles. The van der Waals surface area contributed by atoms with Crippen LogP contribution in [0, 0.1) is 20.8 Å². The molecule has 0 saturated carbocycles. The van der Waals surface area contributed by atoms with Gasteiger partial charge in [0.15, 0.2) is 5.65 Å². The number of aromatic nitrogens is 4. The molecule has 4 rings (SSSR count). The molecule has 2 aromatic carbocycles. The molecule has 0 radical (unpaired) electrons. The Morgan fingerprint density at radius 2 is 1.74 bits per heavy atom. The van der Waals surface area contributed by atoms with Gasteiger partial charge >= 0.3 is 0 Å². The molecule has 1 atom stereocenters. The third-order valence-electron chi connectivity index (χ3n) is 5.71. The van der Waals surface area contributed by atoms with Crippen molar-refractivity contribution in [3.8, 4) is 0 Å².